The molecule has 14 heavy (non-hydrogen) atoms. The van der Waals surface area contributed by atoms with E-state index < -0.39 is 0 Å². The number of carbonyl (C=O) groups is 1. The molecule has 0 N–H and O–H groups in total. The summed E-state index contributed by atoms with van der Waals surface area (Å²) in [6.07, 6.45) is 5.40. The summed E-state index contributed by atoms with van der Waals surface area (Å²) in [7, 11) is 0. The highest BCUT2D eigenvalue weighted by Crippen LogP contribution is 2.21. The Morgan fingerprint density at radius 2 is 2.21 bits per heavy atom. The fourth-order valence-electron chi connectivity index (χ4n) is 1.60. The number of pyridine rings is 1. The molecule has 0 aromatic carbocycles. The van der Waals surface area contributed by atoms with Crippen molar-refractivity contribution in [1.29, 1.82) is 0 Å². The highest BCUT2D eigenvalue weighted by molar-refractivity contribution is 6.31. The quantitative estimate of drug-likeness (QED) is 0.566. The summed E-state index contributed by atoms with van der Waals surface area (Å²) in [6.45, 7) is 4.13. The summed E-state index contributed by atoms with van der Waals surface area (Å²) in [6, 6.07) is 0. The summed E-state index contributed by atoms with van der Waals surface area (Å²) >= 11 is 5.84. The molecule has 0 amide bonds. The van der Waals surface area contributed by atoms with Crippen LogP contribution in [0.2, 0.25) is 5.15 Å². The van der Waals surface area contributed by atoms with Crippen molar-refractivity contribution >= 4 is 17.9 Å². The lowest BCUT2D eigenvalue weighted by Gasteiger charge is -2.09. The standard InChI is InChI=1S/C11H14ClNO/c1-3-5-8-6-13-11(12)10(7-14)9(8)4-2/h6-7H,3-5H2,1-2H3. The monoisotopic (exact) mass is 211 g/mol. The Balaban J connectivity index is 3.25. The average molecular weight is 212 g/mol. The van der Waals surface area contributed by atoms with Crippen LogP contribution in [0.3, 0.4) is 0 Å². The lowest BCUT2D eigenvalue weighted by molar-refractivity contribution is 0.112. The van der Waals surface area contributed by atoms with Gasteiger partial charge in [0.15, 0.2) is 6.29 Å². The zero-order valence-corrected chi connectivity index (χ0v) is 9.27. The molecule has 2 nitrogen and oxygen atoms in total. The van der Waals surface area contributed by atoms with Crippen LogP contribution in [0.25, 0.3) is 0 Å². The number of hydrogen-bond donors (Lipinski definition) is 0. The number of halogens is 1. The molecule has 0 aliphatic heterocycles. The first-order chi connectivity index (χ1) is 6.74. The first kappa shape index (κ1) is 11.2. The van der Waals surface area contributed by atoms with Crippen molar-refractivity contribution in [3.63, 3.8) is 0 Å². The van der Waals surface area contributed by atoms with Gasteiger partial charge in [0.1, 0.15) is 5.15 Å². The van der Waals surface area contributed by atoms with E-state index in [-0.39, 0.29) is 0 Å². The van der Waals surface area contributed by atoms with Gasteiger partial charge in [-0.3, -0.25) is 4.79 Å². The molecule has 1 heterocycles. The maximum absolute atomic E-state index is 10.8. The van der Waals surface area contributed by atoms with Gasteiger partial charge in [-0.15, -0.1) is 0 Å². The number of aryl methyl sites for hydroxylation is 1. The summed E-state index contributed by atoms with van der Waals surface area (Å²) < 4.78 is 0. The minimum absolute atomic E-state index is 0.316. The molecule has 0 atom stereocenters. The van der Waals surface area contributed by atoms with E-state index in [1.165, 1.54) is 0 Å². The molecule has 1 rings (SSSR count). The fourth-order valence-corrected chi connectivity index (χ4v) is 1.81. The number of rotatable bonds is 4. The van der Waals surface area contributed by atoms with Crippen LogP contribution < -0.4 is 0 Å². The Morgan fingerprint density at radius 1 is 1.50 bits per heavy atom. The third-order valence-electron chi connectivity index (χ3n) is 2.26. The SMILES string of the molecule is CCCc1cnc(Cl)c(C=O)c1CC. The van der Waals surface area contributed by atoms with Crippen molar-refractivity contribution in [3.05, 3.63) is 28.0 Å². The molecule has 0 saturated carbocycles. The van der Waals surface area contributed by atoms with Crippen molar-refractivity contribution in [2.75, 3.05) is 0 Å². The van der Waals surface area contributed by atoms with Gasteiger partial charge in [-0.2, -0.15) is 0 Å². The Kier molecular flexibility index (Phi) is 4.08. The van der Waals surface area contributed by atoms with Crippen LogP contribution in [0.1, 0.15) is 41.8 Å². The van der Waals surface area contributed by atoms with E-state index in [2.05, 4.69) is 11.9 Å². The van der Waals surface area contributed by atoms with Crippen LogP contribution in [0.5, 0.6) is 0 Å². The van der Waals surface area contributed by atoms with Crippen molar-refractivity contribution in [1.82, 2.24) is 4.98 Å². The molecule has 0 saturated heterocycles. The van der Waals surface area contributed by atoms with Gasteiger partial charge in [-0.1, -0.05) is 31.9 Å². The van der Waals surface area contributed by atoms with E-state index in [1.807, 2.05) is 6.92 Å². The molecule has 0 fully saturated rings. The van der Waals surface area contributed by atoms with Crippen LogP contribution in [0.4, 0.5) is 0 Å². The molecule has 0 bridgehead atoms. The molecule has 76 valence electrons. The molecule has 1 aromatic heterocycles. The number of aldehydes is 1. The second-order valence-corrected chi connectivity index (χ2v) is 3.55. The number of aromatic nitrogens is 1. The molecular weight excluding hydrogens is 198 g/mol. The van der Waals surface area contributed by atoms with Gasteiger partial charge in [-0.25, -0.2) is 4.98 Å². The van der Waals surface area contributed by atoms with Crippen molar-refractivity contribution in [2.45, 2.75) is 33.1 Å². The second kappa shape index (κ2) is 5.11. The summed E-state index contributed by atoms with van der Waals surface area (Å²) in [4.78, 5) is 14.9. The first-order valence-corrected chi connectivity index (χ1v) is 5.23. The largest absolute Gasteiger partial charge is 0.298 e. The fraction of sp³-hybridized carbons (Fsp3) is 0.455. The predicted molar refractivity (Wildman–Crippen MR) is 58.0 cm³/mol. The van der Waals surface area contributed by atoms with Gasteiger partial charge in [0.25, 0.3) is 0 Å². The van der Waals surface area contributed by atoms with Crippen LogP contribution in [-0.2, 0) is 12.8 Å². The van der Waals surface area contributed by atoms with E-state index in [4.69, 9.17) is 11.6 Å². The van der Waals surface area contributed by atoms with Crippen molar-refractivity contribution in [2.24, 2.45) is 0 Å². The van der Waals surface area contributed by atoms with Crippen LogP contribution in [-0.4, -0.2) is 11.3 Å². The van der Waals surface area contributed by atoms with Gasteiger partial charge in [0.05, 0.1) is 5.56 Å². The molecule has 3 heteroatoms. The lowest BCUT2D eigenvalue weighted by atomic mass is 10.00. The molecule has 1 aromatic rings. The molecule has 0 aliphatic rings. The minimum atomic E-state index is 0.316. The number of carbonyl (C=O) groups excluding carboxylic acids is 1. The topological polar surface area (TPSA) is 30.0 Å². The third-order valence-corrected chi connectivity index (χ3v) is 2.56. The van der Waals surface area contributed by atoms with Gasteiger partial charge in [-0.05, 0) is 24.0 Å². The number of nitrogens with zero attached hydrogens (tertiary/aromatic N) is 1. The maximum atomic E-state index is 10.8. The van der Waals surface area contributed by atoms with Crippen LogP contribution >= 0.6 is 11.6 Å². The van der Waals surface area contributed by atoms with Gasteiger partial charge >= 0.3 is 0 Å². The highest BCUT2D eigenvalue weighted by Gasteiger charge is 2.10. The van der Waals surface area contributed by atoms with E-state index in [1.54, 1.807) is 6.20 Å². The number of hydrogen-bond acceptors (Lipinski definition) is 2. The summed E-state index contributed by atoms with van der Waals surface area (Å²) in [5.74, 6) is 0. The van der Waals surface area contributed by atoms with Gasteiger partial charge in [0, 0.05) is 6.20 Å². The first-order valence-electron chi connectivity index (χ1n) is 4.86. The predicted octanol–water partition coefficient (Wildman–Crippen LogP) is 3.06. The second-order valence-electron chi connectivity index (χ2n) is 3.19. The van der Waals surface area contributed by atoms with Gasteiger partial charge in [0.2, 0.25) is 0 Å². The highest BCUT2D eigenvalue weighted by atomic mass is 35.5. The molecule has 0 aliphatic carbocycles. The third kappa shape index (κ3) is 2.13. The van der Waals surface area contributed by atoms with Crippen molar-refractivity contribution < 1.29 is 4.79 Å². The summed E-state index contributed by atoms with van der Waals surface area (Å²) in [5, 5.41) is 0.316. The van der Waals surface area contributed by atoms with E-state index >= 15 is 0 Å². The maximum Gasteiger partial charge on any atom is 0.153 e. The zero-order valence-electron chi connectivity index (χ0n) is 8.51. The van der Waals surface area contributed by atoms with Gasteiger partial charge < -0.3 is 0 Å². The zero-order chi connectivity index (χ0) is 10.6. The molecule has 0 spiro atoms. The minimum Gasteiger partial charge on any atom is -0.298 e. The normalized spacial score (nSPS) is 10.2. The Hall–Kier alpha value is -0.890. The van der Waals surface area contributed by atoms with Crippen LogP contribution in [0, 0.1) is 0 Å². The molecular formula is C11H14ClNO. The van der Waals surface area contributed by atoms with E-state index in [0.29, 0.717) is 10.7 Å². The van der Waals surface area contributed by atoms with E-state index in [9.17, 15) is 4.79 Å². The summed E-state index contributed by atoms with van der Waals surface area (Å²) in [5.41, 5.74) is 2.74. The molecule has 0 radical (unpaired) electrons. The lowest BCUT2D eigenvalue weighted by Crippen LogP contribution is -2.01. The van der Waals surface area contributed by atoms with Crippen LogP contribution in [0.15, 0.2) is 6.20 Å². The Morgan fingerprint density at radius 3 is 2.71 bits per heavy atom. The molecule has 0 unspecified atom stereocenters. The average Bonchev–Trinajstić information content (AvgIpc) is 2.20. The van der Waals surface area contributed by atoms with E-state index in [0.717, 1.165) is 36.7 Å². The Labute approximate surface area is 89.3 Å². The van der Waals surface area contributed by atoms with Crippen molar-refractivity contribution in [3.8, 4) is 0 Å². The Bertz CT molecular complexity index is 336. The smallest absolute Gasteiger partial charge is 0.153 e.